The zero-order valence-corrected chi connectivity index (χ0v) is 8.71. The van der Waals surface area contributed by atoms with Crippen LogP contribution in [0.5, 0.6) is 0 Å². The van der Waals surface area contributed by atoms with Gasteiger partial charge in [0.2, 0.25) is 11.8 Å². The number of rotatable bonds is 0. The molecule has 0 aromatic rings. The number of carbonyl (C=O) groups excluding carboxylic acids is 2. The molecule has 0 aromatic carbocycles. The van der Waals surface area contributed by atoms with Crippen LogP contribution in [0.15, 0.2) is 0 Å². The lowest BCUT2D eigenvalue weighted by molar-refractivity contribution is -0.130. The SMILES string of the molecule is CN1CCC(=O)NCCCCCC1=O. The van der Waals surface area contributed by atoms with E-state index in [0.717, 1.165) is 25.8 Å². The molecule has 4 nitrogen and oxygen atoms in total. The van der Waals surface area contributed by atoms with Crippen LogP contribution in [0.25, 0.3) is 0 Å². The number of nitrogens with zero attached hydrogens (tertiary/aromatic N) is 1. The topological polar surface area (TPSA) is 49.4 Å². The Balaban J connectivity index is 2.44. The summed E-state index contributed by atoms with van der Waals surface area (Å²) in [4.78, 5) is 24.3. The molecule has 0 aromatic heterocycles. The third kappa shape index (κ3) is 3.77. The van der Waals surface area contributed by atoms with Crippen molar-refractivity contribution in [3.8, 4) is 0 Å². The molecule has 0 saturated carbocycles. The van der Waals surface area contributed by atoms with E-state index in [-0.39, 0.29) is 11.8 Å². The van der Waals surface area contributed by atoms with Gasteiger partial charge in [-0.25, -0.2) is 0 Å². The first-order valence-corrected chi connectivity index (χ1v) is 5.21. The van der Waals surface area contributed by atoms with E-state index >= 15 is 0 Å². The monoisotopic (exact) mass is 198 g/mol. The van der Waals surface area contributed by atoms with Crippen LogP contribution in [-0.4, -0.2) is 36.9 Å². The van der Waals surface area contributed by atoms with Crippen molar-refractivity contribution in [3.05, 3.63) is 0 Å². The first-order valence-electron chi connectivity index (χ1n) is 5.21. The van der Waals surface area contributed by atoms with Crippen LogP contribution in [0.1, 0.15) is 32.1 Å². The largest absolute Gasteiger partial charge is 0.356 e. The second-order valence-corrected chi connectivity index (χ2v) is 3.73. The van der Waals surface area contributed by atoms with E-state index in [1.165, 1.54) is 0 Å². The average Bonchev–Trinajstić information content (AvgIpc) is 2.20. The average molecular weight is 198 g/mol. The Morgan fingerprint density at radius 2 is 1.93 bits per heavy atom. The summed E-state index contributed by atoms with van der Waals surface area (Å²) in [6.07, 6.45) is 3.95. The van der Waals surface area contributed by atoms with Crippen LogP contribution in [0.2, 0.25) is 0 Å². The number of nitrogens with one attached hydrogen (secondary N) is 1. The van der Waals surface area contributed by atoms with Crippen molar-refractivity contribution >= 4 is 11.8 Å². The molecular formula is C10H18N2O2. The van der Waals surface area contributed by atoms with Gasteiger partial charge in [0.05, 0.1) is 0 Å². The second-order valence-electron chi connectivity index (χ2n) is 3.73. The van der Waals surface area contributed by atoms with Gasteiger partial charge in [-0.1, -0.05) is 6.42 Å². The Labute approximate surface area is 84.7 Å². The molecule has 0 atom stereocenters. The predicted molar refractivity (Wildman–Crippen MR) is 53.7 cm³/mol. The molecule has 4 heteroatoms. The van der Waals surface area contributed by atoms with Gasteiger partial charge < -0.3 is 10.2 Å². The lowest BCUT2D eigenvalue weighted by Gasteiger charge is -2.15. The molecular weight excluding hydrogens is 180 g/mol. The Hall–Kier alpha value is -1.06. The van der Waals surface area contributed by atoms with Crippen molar-refractivity contribution in [2.24, 2.45) is 0 Å². The molecule has 0 spiro atoms. The van der Waals surface area contributed by atoms with E-state index < -0.39 is 0 Å². The van der Waals surface area contributed by atoms with Crippen LogP contribution in [-0.2, 0) is 9.59 Å². The Kier molecular flexibility index (Phi) is 4.43. The predicted octanol–water partition coefficient (Wildman–Crippen LogP) is 0.525. The molecule has 14 heavy (non-hydrogen) atoms. The quantitative estimate of drug-likeness (QED) is 0.617. The fourth-order valence-corrected chi connectivity index (χ4v) is 1.48. The Morgan fingerprint density at radius 1 is 1.14 bits per heavy atom. The molecule has 0 unspecified atom stereocenters. The highest BCUT2D eigenvalue weighted by molar-refractivity contribution is 5.78. The first-order chi connectivity index (χ1) is 6.70. The van der Waals surface area contributed by atoms with Gasteiger partial charge in [-0.2, -0.15) is 0 Å². The van der Waals surface area contributed by atoms with Gasteiger partial charge in [0, 0.05) is 33.0 Å². The van der Waals surface area contributed by atoms with E-state index in [1.807, 2.05) is 0 Å². The van der Waals surface area contributed by atoms with E-state index in [9.17, 15) is 9.59 Å². The molecule has 1 N–H and O–H groups in total. The fourth-order valence-electron chi connectivity index (χ4n) is 1.48. The van der Waals surface area contributed by atoms with E-state index in [0.29, 0.717) is 19.4 Å². The molecule has 2 amide bonds. The minimum Gasteiger partial charge on any atom is -0.356 e. The summed E-state index contributed by atoms with van der Waals surface area (Å²) in [6.45, 7) is 1.28. The number of hydrogen-bond donors (Lipinski definition) is 1. The van der Waals surface area contributed by atoms with Crippen LogP contribution in [0.3, 0.4) is 0 Å². The highest BCUT2D eigenvalue weighted by Gasteiger charge is 2.11. The van der Waals surface area contributed by atoms with Crippen LogP contribution < -0.4 is 5.32 Å². The van der Waals surface area contributed by atoms with Crippen molar-refractivity contribution in [1.82, 2.24) is 10.2 Å². The van der Waals surface area contributed by atoms with Crippen molar-refractivity contribution in [2.45, 2.75) is 32.1 Å². The Bertz CT molecular complexity index is 216. The van der Waals surface area contributed by atoms with E-state index in [2.05, 4.69) is 5.32 Å². The summed E-state index contributed by atoms with van der Waals surface area (Å²) in [5, 5.41) is 2.84. The van der Waals surface area contributed by atoms with Crippen molar-refractivity contribution in [1.29, 1.82) is 0 Å². The highest BCUT2D eigenvalue weighted by Crippen LogP contribution is 2.04. The molecule has 80 valence electrons. The number of amides is 2. The third-order valence-corrected chi connectivity index (χ3v) is 2.49. The zero-order chi connectivity index (χ0) is 10.4. The van der Waals surface area contributed by atoms with Crippen LogP contribution >= 0.6 is 0 Å². The first kappa shape index (κ1) is 11.0. The lowest BCUT2D eigenvalue weighted by Crippen LogP contribution is -2.31. The zero-order valence-electron chi connectivity index (χ0n) is 8.71. The highest BCUT2D eigenvalue weighted by atomic mass is 16.2. The minimum atomic E-state index is 0.0477. The van der Waals surface area contributed by atoms with Gasteiger partial charge in [0.25, 0.3) is 0 Å². The summed E-state index contributed by atoms with van der Waals surface area (Å²) in [7, 11) is 1.76. The van der Waals surface area contributed by atoms with E-state index in [4.69, 9.17) is 0 Å². The molecule has 1 fully saturated rings. The molecule has 1 aliphatic rings. The third-order valence-electron chi connectivity index (χ3n) is 2.49. The summed E-state index contributed by atoms with van der Waals surface area (Å²) in [5.74, 6) is 0.200. The van der Waals surface area contributed by atoms with Gasteiger partial charge >= 0.3 is 0 Å². The smallest absolute Gasteiger partial charge is 0.222 e. The Morgan fingerprint density at radius 3 is 2.71 bits per heavy atom. The molecule has 1 saturated heterocycles. The minimum absolute atomic E-state index is 0.0477. The summed E-state index contributed by atoms with van der Waals surface area (Å²) in [6, 6.07) is 0. The molecule has 0 aliphatic carbocycles. The van der Waals surface area contributed by atoms with Gasteiger partial charge in [-0.05, 0) is 12.8 Å². The van der Waals surface area contributed by atoms with Crippen molar-refractivity contribution in [3.63, 3.8) is 0 Å². The second kappa shape index (κ2) is 5.62. The summed E-state index contributed by atoms with van der Waals surface area (Å²) < 4.78 is 0. The number of hydrogen-bond acceptors (Lipinski definition) is 2. The summed E-state index contributed by atoms with van der Waals surface area (Å²) >= 11 is 0. The standard InChI is InChI=1S/C10H18N2O2/c1-12-8-6-9(13)11-7-4-2-3-5-10(12)14/h2-8H2,1H3,(H,11,13). The van der Waals surface area contributed by atoms with Crippen molar-refractivity contribution < 1.29 is 9.59 Å². The van der Waals surface area contributed by atoms with Crippen LogP contribution in [0, 0.1) is 0 Å². The van der Waals surface area contributed by atoms with E-state index in [1.54, 1.807) is 11.9 Å². The van der Waals surface area contributed by atoms with Gasteiger partial charge in [-0.15, -0.1) is 0 Å². The maximum absolute atomic E-state index is 11.4. The normalized spacial score (nSPS) is 21.4. The summed E-state index contributed by atoms with van der Waals surface area (Å²) in [5.41, 5.74) is 0. The molecule has 0 radical (unpaired) electrons. The molecule has 1 rings (SSSR count). The maximum Gasteiger partial charge on any atom is 0.222 e. The molecule has 0 bridgehead atoms. The van der Waals surface area contributed by atoms with Gasteiger partial charge in [0.1, 0.15) is 0 Å². The fraction of sp³-hybridized carbons (Fsp3) is 0.800. The molecule has 1 aliphatic heterocycles. The van der Waals surface area contributed by atoms with Crippen molar-refractivity contribution in [2.75, 3.05) is 20.1 Å². The van der Waals surface area contributed by atoms with Gasteiger partial charge in [-0.3, -0.25) is 9.59 Å². The molecule has 1 heterocycles. The maximum atomic E-state index is 11.4. The van der Waals surface area contributed by atoms with Crippen LogP contribution in [0.4, 0.5) is 0 Å². The number of carbonyl (C=O) groups is 2. The lowest BCUT2D eigenvalue weighted by atomic mass is 10.2. The van der Waals surface area contributed by atoms with Gasteiger partial charge in [0.15, 0.2) is 0 Å².